The van der Waals surface area contributed by atoms with Gasteiger partial charge in [-0.3, -0.25) is 4.98 Å². The number of imidazole rings is 1. The first kappa shape index (κ1) is 13.0. The third-order valence-electron chi connectivity index (χ3n) is 3.31. The Kier molecular flexibility index (Phi) is 2.93. The topological polar surface area (TPSA) is 42.7 Å². The number of aromatic nitrogens is 3. The number of hydrogen-bond donors (Lipinski definition) is 1. The van der Waals surface area contributed by atoms with Crippen molar-refractivity contribution in [3.8, 4) is 0 Å². The van der Waals surface area contributed by atoms with Crippen molar-refractivity contribution >= 4 is 11.0 Å². The van der Waals surface area contributed by atoms with Crippen LogP contribution in [0.15, 0.2) is 18.5 Å². The van der Waals surface area contributed by atoms with Crippen LogP contribution >= 0.6 is 0 Å². The van der Waals surface area contributed by atoms with Gasteiger partial charge in [0, 0.05) is 11.7 Å². The number of rotatable bonds is 2. The molecule has 2 aromatic heterocycles. The molecule has 1 N–H and O–H groups in total. The van der Waals surface area contributed by atoms with Gasteiger partial charge in [0.1, 0.15) is 11.3 Å². The van der Waals surface area contributed by atoms with Crippen LogP contribution in [0, 0.1) is 0 Å². The van der Waals surface area contributed by atoms with Gasteiger partial charge >= 0.3 is 0 Å². The Morgan fingerprint density at radius 2 is 1.83 bits per heavy atom. The van der Waals surface area contributed by atoms with Crippen molar-refractivity contribution in [2.24, 2.45) is 0 Å². The van der Waals surface area contributed by atoms with Gasteiger partial charge in [-0.15, -0.1) is 0 Å². The maximum absolute atomic E-state index is 4.76. The molecular weight excluding hydrogens is 224 g/mol. The van der Waals surface area contributed by atoms with Crippen LogP contribution in [0.5, 0.6) is 0 Å². The van der Waals surface area contributed by atoms with Gasteiger partial charge in [0.25, 0.3) is 0 Å². The van der Waals surface area contributed by atoms with E-state index in [0.29, 0.717) is 0 Å². The van der Waals surface area contributed by atoms with Crippen molar-refractivity contribution in [2.45, 2.75) is 45.7 Å². The van der Waals surface area contributed by atoms with E-state index < -0.39 is 0 Å². The highest BCUT2D eigenvalue weighted by Gasteiger charge is 2.30. The van der Waals surface area contributed by atoms with Crippen LogP contribution in [0.4, 0.5) is 0 Å². The number of hydrogen-bond acceptors (Lipinski definition) is 3. The predicted octanol–water partition coefficient (Wildman–Crippen LogP) is 2.64. The third kappa shape index (κ3) is 2.01. The molecule has 0 bridgehead atoms. The summed E-state index contributed by atoms with van der Waals surface area (Å²) < 4.78 is 2.29. The van der Waals surface area contributed by atoms with Crippen molar-refractivity contribution in [3.63, 3.8) is 0 Å². The Morgan fingerprint density at radius 1 is 1.17 bits per heavy atom. The molecule has 0 atom stereocenters. The second-order valence-electron chi connectivity index (χ2n) is 6.18. The Hall–Kier alpha value is -1.42. The highest BCUT2D eigenvalue weighted by Crippen LogP contribution is 2.30. The second-order valence-corrected chi connectivity index (χ2v) is 6.18. The molecule has 98 valence electrons. The molecule has 0 unspecified atom stereocenters. The number of fused-ring (bicyclic) bond motifs is 1. The Morgan fingerprint density at radius 3 is 2.39 bits per heavy atom. The SMILES string of the molecule is CNC(C)(C)c1nc2cnccc2n1C(C)(C)C. The largest absolute Gasteiger partial charge is 0.321 e. The van der Waals surface area contributed by atoms with E-state index in [-0.39, 0.29) is 11.1 Å². The van der Waals surface area contributed by atoms with E-state index >= 15 is 0 Å². The molecule has 18 heavy (non-hydrogen) atoms. The summed E-state index contributed by atoms with van der Waals surface area (Å²) in [5, 5.41) is 3.33. The molecule has 0 radical (unpaired) electrons. The summed E-state index contributed by atoms with van der Waals surface area (Å²) in [6.45, 7) is 10.9. The minimum Gasteiger partial charge on any atom is -0.321 e. The number of nitrogens with one attached hydrogen (secondary N) is 1. The van der Waals surface area contributed by atoms with Crippen LogP contribution < -0.4 is 5.32 Å². The standard InChI is InChI=1S/C14H22N4/c1-13(2,3)18-11-7-8-16-9-10(11)17-12(18)14(4,5)15-6/h7-9,15H,1-6H3. The van der Waals surface area contributed by atoms with Crippen LogP contribution in [-0.4, -0.2) is 21.6 Å². The summed E-state index contributed by atoms with van der Waals surface area (Å²) in [7, 11) is 1.96. The van der Waals surface area contributed by atoms with Crippen LogP contribution in [0.1, 0.15) is 40.4 Å². The smallest absolute Gasteiger partial charge is 0.130 e. The normalized spacial score (nSPS) is 13.2. The summed E-state index contributed by atoms with van der Waals surface area (Å²) in [5.41, 5.74) is 1.90. The van der Waals surface area contributed by atoms with E-state index in [2.05, 4.69) is 49.5 Å². The molecular formula is C14H22N4. The highest BCUT2D eigenvalue weighted by atomic mass is 15.2. The van der Waals surface area contributed by atoms with Crippen molar-refractivity contribution in [2.75, 3.05) is 7.05 Å². The minimum atomic E-state index is -0.174. The van der Waals surface area contributed by atoms with Gasteiger partial charge < -0.3 is 9.88 Å². The average Bonchev–Trinajstić information content (AvgIpc) is 2.68. The van der Waals surface area contributed by atoms with Gasteiger partial charge in [-0.2, -0.15) is 0 Å². The molecule has 0 saturated carbocycles. The lowest BCUT2D eigenvalue weighted by atomic mass is 10.0. The molecule has 2 rings (SSSR count). The molecule has 0 spiro atoms. The zero-order valence-electron chi connectivity index (χ0n) is 12.1. The molecule has 2 aromatic rings. The monoisotopic (exact) mass is 246 g/mol. The van der Waals surface area contributed by atoms with Crippen molar-refractivity contribution < 1.29 is 0 Å². The third-order valence-corrected chi connectivity index (χ3v) is 3.31. The van der Waals surface area contributed by atoms with Gasteiger partial charge in [0.05, 0.1) is 17.3 Å². The summed E-state index contributed by atoms with van der Waals surface area (Å²) in [5.74, 6) is 1.04. The van der Waals surface area contributed by atoms with Gasteiger partial charge in [0.15, 0.2) is 0 Å². The van der Waals surface area contributed by atoms with Crippen LogP contribution in [0.3, 0.4) is 0 Å². The lowest BCUT2D eigenvalue weighted by Gasteiger charge is -2.31. The maximum Gasteiger partial charge on any atom is 0.130 e. The minimum absolute atomic E-state index is 0.0143. The molecule has 0 aliphatic carbocycles. The van der Waals surface area contributed by atoms with Gasteiger partial charge in [-0.05, 0) is 47.7 Å². The maximum atomic E-state index is 4.76. The van der Waals surface area contributed by atoms with Crippen LogP contribution in [0.2, 0.25) is 0 Å². The molecule has 0 saturated heterocycles. The first-order valence-corrected chi connectivity index (χ1v) is 6.30. The predicted molar refractivity (Wildman–Crippen MR) is 74.6 cm³/mol. The van der Waals surface area contributed by atoms with E-state index in [1.165, 1.54) is 0 Å². The summed E-state index contributed by atoms with van der Waals surface area (Å²) in [6, 6.07) is 2.03. The first-order chi connectivity index (χ1) is 8.27. The van der Waals surface area contributed by atoms with E-state index in [1.54, 1.807) is 0 Å². The summed E-state index contributed by atoms with van der Waals surface area (Å²) in [4.78, 5) is 8.92. The highest BCUT2D eigenvalue weighted by molar-refractivity contribution is 5.75. The van der Waals surface area contributed by atoms with E-state index in [9.17, 15) is 0 Å². The Labute approximate surface area is 108 Å². The zero-order valence-corrected chi connectivity index (χ0v) is 12.1. The Balaban J connectivity index is 2.81. The molecule has 4 heteroatoms. The molecule has 0 amide bonds. The molecule has 0 aromatic carbocycles. The fraction of sp³-hybridized carbons (Fsp3) is 0.571. The van der Waals surface area contributed by atoms with Gasteiger partial charge in [-0.25, -0.2) is 4.98 Å². The Bertz CT molecular complexity index is 561. The van der Waals surface area contributed by atoms with Crippen molar-refractivity contribution in [1.82, 2.24) is 19.9 Å². The first-order valence-electron chi connectivity index (χ1n) is 6.30. The molecule has 0 aliphatic rings. The zero-order chi connectivity index (χ0) is 13.6. The lowest BCUT2D eigenvalue weighted by Crippen LogP contribution is -2.39. The second kappa shape index (κ2) is 4.05. The fourth-order valence-electron chi connectivity index (χ4n) is 2.14. The van der Waals surface area contributed by atoms with Gasteiger partial charge in [-0.1, -0.05) is 0 Å². The number of pyridine rings is 1. The van der Waals surface area contributed by atoms with E-state index in [0.717, 1.165) is 16.9 Å². The van der Waals surface area contributed by atoms with Crippen LogP contribution in [0.25, 0.3) is 11.0 Å². The van der Waals surface area contributed by atoms with Gasteiger partial charge in [0.2, 0.25) is 0 Å². The van der Waals surface area contributed by atoms with Crippen molar-refractivity contribution in [3.05, 3.63) is 24.3 Å². The molecule has 0 aliphatic heterocycles. The average molecular weight is 246 g/mol. The van der Waals surface area contributed by atoms with E-state index in [1.807, 2.05) is 25.5 Å². The number of nitrogens with zero attached hydrogens (tertiary/aromatic N) is 3. The van der Waals surface area contributed by atoms with Crippen LogP contribution in [-0.2, 0) is 11.1 Å². The molecule has 4 nitrogen and oxygen atoms in total. The lowest BCUT2D eigenvalue weighted by molar-refractivity contribution is 0.331. The summed E-state index contributed by atoms with van der Waals surface area (Å²) >= 11 is 0. The molecule has 2 heterocycles. The van der Waals surface area contributed by atoms with E-state index in [4.69, 9.17) is 4.98 Å². The summed E-state index contributed by atoms with van der Waals surface area (Å²) in [6.07, 6.45) is 3.65. The quantitative estimate of drug-likeness (QED) is 0.885. The fourth-order valence-corrected chi connectivity index (χ4v) is 2.14. The van der Waals surface area contributed by atoms with Crippen molar-refractivity contribution in [1.29, 1.82) is 0 Å². The molecule has 0 fully saturated rings.